The molecule has 1 heterocycles. The number of nitrogens with one attached hydrogen (secondary N) is 1. The van der Waals surface area contributed by atoms with Gasteiger partial charge in [-0.05, 0) is 23.1 Å². The number of benzene rings is 1. The van der Waals surface area contributed by atoms with E-state index in [1.54, 1.807) is 12.1 Å². The van der Waals surface area contributed by atoms with Crippen molar-refractivity contribution >= 4 is 28.3 Å². The highest BCUT2D eigenvalue weighted by Crippen LogP contribution is 2.23. The number of carbonyl (C=O) groups is 2. The van der Waals surface area contributed by atoms with Crippen molar-refractivity contribution in [2.45, 2.75) is 39.0 Å². The van der Waals surface area contributed by atoms with Crippen molar-refractivity contribution < 1.29 is 14.7 Å². The van der Waals surface area contributed by atoms with Gasteiger partial charge in [-0.25, -0.2) is 0 Å². The third-order valence-electron chi connectivity index (χ3n) is 3.25. The molecular weight excluding hydrogens is 314 g/mol. The summed E-state index contributed by atoms with van der Waals surface area (Å²) in [6.45, 7) is 6.34. The highest BCUT2D eigenvalue weighted by molar-refractivity contribution is 7.15. The summed E-state index contributed by atoms with van der Waals surface area (Å²) in [6.07, 6.45) is 0.306. The van der Waals surface area contributed by atoms with Gasteiger partial charge in [-0.3, -0.25) is 14.9 Å². The quantitative estimate of drug-likeness (QED) is 0.877. The van der Waals surface area contributed by atoms with Crippen LogP contribution in [-0.2, 0) is 16.6 Å². The van der Waals surface area contributed by atoms with E-state index in [2.05, 4.69) is 36.3 Å². The van der Waals surface area contributed by atoms with Gasteiger partial charge in [-0.2, -0.15) is 0 Å². The number of carboxylic acids is 1. The van der Waals surface area contributed by atoms with Crippen molar-refractivity contribution in [3.63, 3.8) is 0 Å². The molecule has 122 valence electrons. The van der Waals surface area contributed by atoms with Crippen molar-refractivity contribution in [1.29, 1.82) is 0 Å². The summed E-state index contributed by atoms with van der Waals surface area (Å²) in [5, 5.41) is 20.0. The Morgan fingerprint density at radius 3 is 2.39 bits per heavy atom. The number of rotatable bonds is 5. The standard InChI is InChI=1S/C16H19N3O3S/c1-16(2,3)11-6-4-10(5-7-11)14(22)17-15-19-18-12(23-15)8-9-13(20)21/h4-7H,8-9H2,1-3H3,(H,20,21)(H,17,19,22). The van der Waals surface area contributed by atoms with E-state index in [-0.39, 0.29) is 17.7 Å². The van der Waals surface area contributed by atoms with E-state index < -0.39 is 5.97 Å². The van der Waals surface area contributed by atoms with Crippen LogP contribution in [0.4, 0.5) is 5.13 Å². The lowest BCUT2D eigenvalue weighted by atomic mass is 9.87. The summed E-state index contributed by atoms with van der Waals surface area (Å²) in [6, 6.07) is 7.44. The summed E-state index contributed by atoms with van der Waals surface area (Å²) in [4.78, 5) is 22.7. The van der Waals surface area contributed by atoms with Gasteiger partial charge in [0.2, 0.25) is 5.13 Å². The van der Waals surface area contributed by atoms with Crippen LogP contribution in [0.1, 0.15) is 48.1 Å². The number of aryl methyl sites for hydroxylation is 1. The molecule has 0 aliphatic heterocycles. The molecule has 0 fully saturated rings. The molecular formula is C16H19N3O3S. The van der Waals surface area contributed by atoms with Gasteiger partial charge in [0, 0.05) is 12.0 Å². The smallest absolute Gasteiger partial charge is 0.303 e. The summed E-state index contributed by atoms with van der Waals surface area (Å²) >= 11 is 1.19. The highest BCUT2D eigenvalue weighted by atomic mass is 32.1. The maximum absolute atomic E-state index is 12.2. The van der Waals surface area contributed by atoms with Crippen LogP contribution < -0.4 is 5.32 Å². The minimum Gasteiger partial charge on any atom is -0.481 e. The largest absolute Gasteiger partial charge is 0.481 e. The Morgan fingerprint density at radius 2 is 1.83 bits per heavy atom. The molecule has 0 bridgehead atoms. The van der Waals surface area contributed by atoms with Crippen molar-refractivity contribution in [2.24, 2.45) is 0 Å². The van der Waals surface area contributed by atoms with Gasteiger partial charge in [0.05, 0.1) is 6.42 Å². The van der Waals surface area contributed by atoms with Crippen LogP contribution in [0.15, 0.2) is 24.3 Å². The Labute approximate surface area is 138 Å². The van der Waals surface area contributed by atoms with Gasteiger partial charge >= 0.3 is 5.97 Å². The summed E-state index contributed by atoms with van der Waals surface area (Å²) < 4.78 is 0. The first-order chi connectivity index (χ1) is 10.8. The lowest BCUT2D eigenvalue weighted by Crippen LogP contribution is -2.14. The van der Waals surface area contributed by atoms with Crippen molar-refractivity contribution in [1.82, 2.24) is 10.2 Å². The zero-order chi connectivity index (χ0) is 17.0. The molecule has 2 N–H and O–H groups in total. The third kappa shape index (κ3) is 4.85. The number of aliphatic carboxylic acids is 1. The predicted molar refractivity (Wildman–Crippen MR) is 89.0 cm³/mol. The molecule has 7 heteroatoms. The van der Waals surface area contributed by atoms with E-state index in [0.29, 0.717) is 22.1 Å². The Kier molecular flexibility index (Phi) is 5.10. The monoisotopic (exact) mass is 333 g/mol. The number of anilines is 1. The number of carbonyl (C=O) groups excluding carboxylic acids is 1. The molecule has 6 nitrogen and oxygen atoms in total. The highest BCUT2D eigenvalue weighted by Gasteiger charge is 2.15. The number of hydrogen-bond acceptors (Lipinski definition) is 5. The van der Waals surface area contributed by atoms with Crippen molar-refractivity contribution in [2.75, 3.05) is 5.32 Å². The molecule has 0 aliphatic rings. The van der Waals surface area contributed by atoms with Gasteiger partial charge in [-0.1, -0.05) is 44.2 Å². The van der Waals surface area contributed by atoms with Gasteiger partial charge in [0.15, 0.2) is 0 Å². The van der Waals surface area contributed by atoms with Gasteiger partial charge < -0.3 is 5.11 Å². The van der Waals surface area contributed by atoms with E-state index in [9.17, 15) is 9.59 Å². The van der Waals surface area contributed by atoms with Crippen LogP contribution in [0, 0.1) is 0 Å². The van der Waals surface area contributed by atoms with Gasteiger partial charge in [0.1, 0.15) is 5.01 Å². The molecule has 2 aromatic rings. The molecule has 1 aromatic carbocycles. The number of carboxylic acid groups (broad SMARTS) is 1. The van der Waals surface area contributed by atoms with Crippen LogP contribution in [0.2, 0.25) is 0 Å². The van der Waals surface area contributed by atoms with Crippen LogP contribution in [-0.4, -0.2) is 27.2 Å². The molecule has 2 rings (SSSR count). The molecule has 0 aliphatic carbocycles. The minimum absolute atomic E-state index is 0.00313. The van der Waals surface area contributed by atoms with Crippen LogP contribution >= 0.6 is 11.3 Å². The lowest BCUT2D eigenvalue weighted by molar-refractivity contribution is -0.136. The van der Waals surface area contributed by atoms with Crippen LogP contribution in [0.25, 0.3) is 0 Å². The summed E-state index contributed by atoms with van der Waals surface area (Å²) in [5.41, 5.74) is 1.73. The van der Waals surface area contributed by atoms with E-state index in [1.807, 2.05) is 12.1 Å². The molecule has 1 aromatic heterocycles. The van der Waals surface area contributed by atoms with E-state index >= 15 is 0 Å². The second kappa shape index (κ2) is 6.87. The zero-order valence-corrected chi connectivity index (χ0v) is 14.1. The first-order valence-electron chi connectivity index (χ1n) is 7.22. The molecule has 0 unspecified atom stereocenters. The molecule has 1 amide bonds. The number of nitrogens with zero attached hydrogens (tertiary/aromatic N) is 2. The molecule has 0 atom stereocenters. The van der Waals surface area contributed by atoms with Crippen LogP contribution in [0.3, 0.4) is 0 Å². The topological polar surface area (TPSA) is 92.2 Å². The maximum Gasteiger partial charge on any atom is 0.303 e. The van der Waals surface area contributed by atoms with Crippen molar-refractivity contribution in [3.05, 3.63) is 40.4 Å². The Hall–Kier alpha value is -2.28. The molecule has 23 heavy (non-hydrogen) atoms. The fourth-order valence-electron chi connectivity index (χ4n) is 1.91. The maximum atomic E-state index is 12.2. The Balaban J connectivity index is 2.00. The van der Waals surface area contributed by atoms with E-state index in [0.717, 1.165) is 5.56 Å². The minimum atomic E-state index is -0.885. The second-order valence-electron chi connectivity index (χ2n) is 6.18. The predicted octanol–water partition coefficient (Wildman–Crippen LogP) is 3.11. The van der Waals surface area contributed by atoms with Crippen LogP contribution in [0.5, 0.6) is 0 Å². The number of aromatic nitrogens is 2. The first-order valence-corrected chi connectivity index (χ1v) is 8.03. The Morgan fingerprint density at radius 1 is 1.17 bits per heavy atom. The van der Waals surface area contributed by atoms with Gasteiger partial charge in [0.25, 0.3) is 5.91 Å². The van der Waals surface area contributed by atoms with Gasteiger partial charge in [-0.15, -0.1) is 10.2 Å². The Bertz CT molecular complexity index is 702. The second-order valence-corrected chi connectivity index (χ2v) is 7.24. The molecule has 0 spiro atoms. The summed E-state index contributed by atoms with van der Waals surface area (Å²) in [5.74, 6) is -1.14. The summed E-state index contributed by atoms with van der Waals surface area (Å²) in [7, 11) is 0. The van der Waals surface area contributed by atoms with E-state index in [4.69, 9.17) is 5.11 Å². The van der Waals surface area contributed by atoms with E-state index in [1.165, 1.54) is 11.3 Å². The fraction of sp³-hybridized carbons (Fsp3) is 0.375. The average Bonchev–Trinajstić information content (AvgIpc) is 2.92. The SMILES string of the molecule is CC(C)(C)c1ccc(C(=O)Nc2nnc(CCC(=O)O)s2)cc1. The number of amides is 1. The fourth-order valence-corrected chi connectivity index (χ4v) is 2.64. The average molecular weight is 333 g/mol. The molecule has 0 saturated carbocycles. The van der Waals surface area contributed by atoms with Crippen molar-refractivity contribution in [3.8, 4) is 0 Å². The number of hydrogen-bond donors (Lipinski definition) is 2. The molecule has 0 radical (unpaired) electrons. The molecule has 0 saturated heterocycles. The first kappa shape index (κ1) is 17.1. The normalized spacial score (nSPS) is 11.3. The third-order valence-corrected chi connectivity index (χ3v) is 4.15. The lowest BCUT2D eigenvalue weighted by Gasteiger charge is -2.18. The zero-order valence-electron chi connectivity index (χ0n) is 13.3.